The molecule has 2 heteroatoms. The van der Waals surface area contributed by atoms with Crippen LogP contribution in [-0.2, 0) is 9.53 Å². The molecular formula is C7H12O2. The zero-order chi connectivity index (χ0) is 6.69. The molecular weight excluding hydrogens is 116 g/mol. The second-order valence-electron chi connectivity index (χ2n) is 2.58. The summed E-state index contributed by atoms with van der Waals surface area (Å²) in [5, 5.41) is 0. The number of ether oxygens (including phenoxy) is 1. The number of aldehydes is 1. The molecule has 0 spiro atoms. The third-order valence-corrected chi connectivity index (χ3v) is 1.87. The predicted molar refractivity (Wildman–Crippen MR) is 34.2 cm³/mol. The van der Waals surface area contributed by atoms with Crippen molar-refractivity contribution < 1.29 is 9.53 Å². The molecule has 0 aliphatic carbocycles. The molecule has 0 radical (unpaired) electrons. The van der Waals surface area contributed by atoms with Gasteiger partial charge < -0.3 is 9.53 Å². The standard InChI is InChI=1S/C7H12O2/c1-6-3-5-9-7(6)2-4-8/h4,6-7H,2-3,5H2,1H3. The van der Waals surface area contributed by atoms with E-state index in [0.29, 0.717) is 12.3 Å². The number of carbonyl (C=O) groups excluding carboxylic acids is 1. The highest BCUT2D eigenvalue weighted by atomic mass is 16.5. The molecule has 2 atom stereocenters. The van der Waals surface area contributed by atoms with Gasteiger partial charge in [-0.3, -0.25) is 0 Å². The predicted octanol–water partition coefficient (Wildman–Crippen LogP) is 1.00. The Morgan fingerprint density at radius 2 is 2.56 bits per heavy atom. The second-order valence-corrected chi connectivity index (χ2v) is 2.58. The molecule has 0 amide bonds. The molecule has 52 valence electrons. The maximum atomic E-state index is 10.0. The van der Waals surface area contributed by atoms with Crippen molar-refractivity contribution in [1.82, 2.24) is 0 Å². The van der Waals surface area contributed by atoms with E-state index in [1.807, 2.05) is 0 Å². The molecule has 0 bridgehead atoms. The first kappa shape index (κ1) is 6.75. The van der Waals surface area contributed by atoms with Crippen LogP contribution < -0.4 is 0 Å². The van der Waals surface area contributed by atoms with E-state index < -0.39 is 0 Å². The fourth-order valence-corrected chi connectivity index (χ4v) is 1.15. The first-order chi connectivity index (χ1) is 4.34. The van der Waals surface area contributed by atoms with Crippen molar-refractivity contribution in [1.29, 1.82) is 0 Å². The second kappa shape index (κ2) is 2.97. The van der Waals surface area contributed by atoms with Crippen molar-refractivity contribution in [3.8, 4) is 0 Å². The van der Waals surface area contributed by atoms with Gasteiger partial charge >= 0.3 is 0 Å². The van der Waals surface area contributed by atoms with Gasteiger partial charge in [-0.15, -0.1) is 0 Å². The van der Waals surface area contributed by atoms with Crippen LogP contribution in [0, 0.1) is 5.92 Å². The summed E-state index contributed by atoms with van der Waals surface area (Å²) < 4.78 is 5.27. The number of hydrogen-bond donors (Lipinski definition) is 0. The van der Waals surface area contributed by atoms with Crippen LogP contribution in [0.2, 0.25) is 0 Å². The highest BCUT2D eigenvalue weighted by Gasteiger charge is 2.22. The molecule has 2 unspecified atom stereocenters. The van der Waals surface area contributed by atoms with Gasteiger partial charge in [0.25, 0.3) is 0 Å². The van der Waals surface area contributed by atoms with E-state index in [9.17, 15) is 4.79 Å². The van der Waals surface area contributed by atoms with Crippen molar-refractivity contribution in [2.24, 2.45) is 5.92 Å². The topological polar surface area (TPSA) is 26.3 Å². The third kappa shape index (κ3) is 1.52. The van der Waals surface area contributed by atoms with Crippen LogP contribution in [0.1, 0.15) is 19.8 Å². The summed E-state index contributed by atoms with van der Waals surface area (Å²) in [7, 11) is 0. The minimum absolute atomic E-state index is 0.211. The zero-order valence-electron chi connectivity index (χ0n) is 5.67. The molecule has 1 aliphatic heterocycles. The number of hydrogen-bond acceptors (Lipinski definition) is 2. The number of rotatable bonds is 2. The Bertz CT molecular complexity index is 101. The minimum Gasteiger partial charge on any atom is -0.377 e. The van der Waals surface area contributed by atoms with Gasteiger partial charge in [0.05, 0.1) is 6.10 Å². The van der Waals surface area contributed by atoms with E-state index >= 15 is 0 Å². The molecule has 2 nitrogen and oxygen atoms in total. The van der Waals surface area contributed by atoms with Gasteiger partial charge in [-0.1, -0.05) is 6.92 Å². The Kier molecular flexibility index (Phi) is 2.22. The van der Waals surface area contributed by atoms with Gasteiger partial charge in [-0.25, -0.2) is 0 Å². The minimum atomic E-state index is 0.211. The van der Waals surface area contributed by atoms with Crippen molar-refractivity contribution in [3.63, 3.8) is 0 Å². The van der Waals surface area contributed by atoms with Crippen molar-refractivity contribution in [2.45, 2.75) is 25.9 Å². The molecule has 0 aromatic carbocycles. The van der Waals surface area contributed by atoms with Crippen LogP contribution in [-0.4, -0.2) is 19.0 Å². The van der Waals surface area contributed by atoms with Crippen LogP contribution in [0.25, 0.3) is 0 Å². The van der Waals surface area contributed by atoms with E-state index in [1.165, 1.54) is 0 Å². The average molecular weight is 128 g/mol. The Labute approximate surface area is 55.2 Å². The smallest absolute Gasteiger partial charge is 0.122 e. The Balaban J connectivity index is 2.30. The van der Waals surface area contributed by atoms with E-state index in [0.717, 1.165) is 19.3 Å². The normalized spacial score (nSPS) is 34.8. The largest absolute Gasteiger partial charge is 0.377 e. The summed E-state index contributed by atoms with van der Waals surface area (Å²) in [6.07, 6.45) is 2.83. The Hall–Kier alpha value is -0.370. The molecule has 0 saturated carbocycles. The fraction of sp³-hybridized carbons (Fsp3) is 0.857. The maximum Gasteiger partial charge on any atom is 0.122 e. The first-order valence-corrected chi connectivity index (χ1v) is 3.40. The van der Waals surface area contributed by atoms with E-state index in [-0.39, 0.29) is 6.10 Å². The van der Waals surface area contributed by atoms with Crippen molar-refractivity contribution in [3.05, 3.63) is 0 Å². The summed E-state index contributed by atoms with van der Waals surface area (Å²) in [5.41, 5.74) is 0. The third-order valence-electron chi connectivity index (χ3n) is 1.87. The average Bonchev–Trinajstić information content (AvgIpc) is 2.18. The van der Waals surface area contributed by atoms with E-state index in [1.54, 1.807) is 0 Å². The van der Waals surface area contributed by atoms with Crippen LogP contribution in [0.3, 0.4) is 0 Å². The molecule has 9 heavy (non-hydrogen) atoms. The molecule has 1 aliphatic rings. The summed E-state index contributed by atoms with van der Waals surface area (Å²) >= 11 is 0. The lowest BCUT2D eigenvalue weighted by molar-refractivity contribution is -0.110. The summed E-state index contributed by atoms with van der Waals surface area (Å²) in [5.74, 6) is 0.579. The highest BCUT2D eigenvalue weighted by Crippen LogP contribution is 2.21. The van der Waals surface area contributed by atoms with Gasteiger partial charge in [-0.2, -0.15) is 0 Å². The highest BCUT2D eigenvalue weighted by molar-refractivity contribution is 5.50. The molecule has 1 rings (SSSR count). The van der Waals surface area contributed by atoms with Gasteiger partial charge in [-0.05, 0) is 12.3 Å². The summed E-state index contributed by atoms with van der Waals surface area (Å²) in [6, 6.07) is 0. The quantitative estimate of drug-likeness (QED) is 0.518. The molecule has 0 N–H and O–H groups in total. The van der Waals surface area contributed by atoms with Crippen molar-refractivity contribution >= 4 is 6.29 Å². The lowest BCUT2D eigenvalue weighted by Crippen LogP contribution is -2.12. The Morgan fingerprint density at radius 3 is 3.00 bits per heavy atom. The van der Waals surface area contributed by atoms with Gasteiger partial charge in [0.15, 0.2) is 0 Å². The van der Waals surface area contributed by atoms with Crippen molar-refractivity contribution in [2.75, 3.05) is 6.61 Å². The van der Waals surface area contributed by atoms with Gasteiger partial charge in [0.1, 0.15) is 6.29 Å². The molecule has 1 saturated heterocycles. The molecule has 1 heterocycles. The summed E-state index contributed by atoms with van der Waals surface area (Å²) in [4.78, 5) is 10.0. The van der Waals surface area contributed by atoms with Crippen LogP contribution in [0.5, 0.6) is 0 Å². The monoisotopic (exact) mass is 128 g/mol. The van der Waals surface area contributed by atoms with Crippen LogP contribution in [0.15, 0.2) is 0 Å². The van der Waals surface area contributed by atoms with Gasteiger partial charge in [0.2, 0.25) is 0 Å². The molecule has 0 aromatic rings. The SMILES string of the molecule is CC1CCOC1CC=O. The molecule has 1 fully saturated rings. The molecule has 0 aromatic heterocycles. The van der Waals surface area contributed by atoms with E-state index in [2.05, 4.69) is 6.92 Å². The van der Waals surface area contributed by atoms with Crippen LogP contribution >= 0.6 is 0 Å². The fourth-order valence-electron chi connectivity index (χ4n) is 1.15. The van der Waals surface area contributed by atoms with Gasteiger partial charge in [0, 0.05) is 13.0 Å². The van der Waals surface area contributed by atoms with E-state index in [4.69, 9.17) is 4.74 Å². The Morgan fingerprint density at radius 1 is 1.78 bits per heavy atom. The lowest BCUT2D eigenvalue weighted by atomic mass is 10.0. The zero-order valence-corrected chi connectivity index (χ0v) is 5.67. The maximum absolute atomic E-state index is 10.0. The lowest BCUT2D eigenvalue weighted by Gasteiger charge is -2.08. The first-order valence-electron chi connectivity index (χ1n) is 3.40. The van der Waals surface area contributed by atoms with Crippen LogP contribution in [0.4, 0.5) is 0 Å². The summed E-state index contributed by atoms with van der Waals surface area (Å²) in [6.45, 7) is 2.96. The number of carbonyl (C=O) groups is 1.